The van der Waals surface area contributed by atoms with Crippen molar-refractivity contribution >= 4 is 0 Å². The molecule has 0 amide bonds. The third-order valence-corrected chi connectivity index (χ3v) is 3.58. The van der Waals surface area contributed by atoms with Crippen LogP contribution >= 0.6 is 0 Å². The van der Waals surface area contributed by atoms with E-state index in [4.69, 9.17) is 4.52 Å². The van der Waals surface area contributed by atoms with Crippen LogP contribution in [0.15, 0.2) is 10.6 Å². The van der Waals surface area contributed by atoms with E-state index < -0.39 is 0 Å². The minimum atomic E-state index is 0.839. The van der Waals surface area contributed by atoms with E-state index in [0.29, 0.717) is 0 Å². The monoisotopic (exact) mass is 251 g/mol. The predicted octanol–water partition coefficient (Wildman–Crippen LogP) is 2.19. The fourth-order valence-electron chi connectivity index (χ4n) is 2.70. The smallest absolute Gasteiger partial charge is 0.133 e. The van der Waals surface area contributed by atoms with Crippen LogP contribution in [-0.2, 0) is 6.54 Å². The number of hydrogen-bond donors (Lipinski definition) is 1. The molecule has 1 saturated heterocycles. The van der Waals surface area contributed by atoms with Crippen LogP contribution in [0.3, 0.4) is 0 Å². The molecule has 102 valence electrons. The number of hydrogen-bond acceptors (Lipinski definition) is 4. The van der Waals surface area contributed by atoms with Crippen molar-refractivity contribution in [3.8, 4) is 0 Å². The summed E-state index contributed by atoms with van der Waals surface area (Å²) in [6.07, 6.45) is 3.80. The zero-order valence-corrected chi connectivity index (χ0v) is 11.6. The second kappa shape index (κ2) is 6.90. The summed E-state index contributed by atoms with van der Waals surface area (Å²) in [5, 5.41) is 7.53. The van der Waals surface area contributed by atoms with Gasteiger partial charge in [-0.05, 0) is 51.7 Å². The maximum Gasteiger partial charge on any atom is 0.133 e. The summed E-state index contributed by atoms with van der Waals surface area (Å²) in [6.45, 7) is 9.81. The molecule has 0 aliphatic carbocycles. The third-order valence-electron chi connectivity index (χ3n) is 3.58. The first kappa shape index (κ1) is 13.6. The van der Waals surface area contributed by atoms with Gasteiger partial charge in [0, 0.05) is 19.2 Å². The highest BCUT2D eigenvalue weighted by atomic mass is 16.5. The molecule has 18 heavy (non-hydrogen) atoms. The van der Waals surface area contributed by atoms with Crippen molar-refractivity contribution in [2.24, 2.45) is 5.92 Å². The van der Waals surface area contributed by atoms with Crippen LogP contribution in [0.4, 0.5) is 0 Å². The van der Waals surface area contributed by atoms with Gasteiger partial charge in [0.25, 0.3) is 0 Å². The van der Waals surface area contributed by atoms with Gasteiger partial charge in [-0.2, -0.15) is 0 Å². The highest BCUT2D eigenvalue weighted by molar-refractivity contribution is 5.03. The van der Waals surface area contributed by atoms with Gasteiger partial charge < -0.3 is 9.84 Å². The largest absolute Gasteiger partial charge is 0.361 e. The Hall–Kier alpha value is -0.870. The normalized spacial score (nSPS) is 17.5. The lowest BCUT2D eigenvalue weighted by atomic mass is 9.97. The highest BCUT2D eigenvalue weighted by Crippen LogP contribution is 2.15. The summed E-state index contributed by atoms with van der Waals surface area (Å²) >= 11 is 0. The first-order valence-electron chi connectivity index (χ1n) is 7.13. The van der Waals surface area contributed by atoms with Crippen LogP contribution in [0.1, 0.15) is 37.6 Å². The molecule has 2 rings (SSSR count). The van der Waals surface area contributed by atoms with E-state index in [1.165, 1.54) is 38.9 Å². The van der Waals surface area contributed by atoms with E-state index in [1.807, 2.05) is 13.0 Å². The summed E-state index contributed by atoms with van der Waals surface area (Å²) in [4.78, 5) is 2.52. The van der Waals surface area contributed by atoms with Crippen LogP contribution in [0.2, 0.25) is 0 Å². The number of piperidine rings is 1. The van der Waals surface area contributed by atoms with E-state index in [1.54, 1.807) is 0 Å². The fourth-order valence-corrected chi connectivity index (χ4v) is 2.70. The van der Waals surface area contributed by atoms with E-state index in [9.17, 15) is 0 Å². The number of nitrogens with one attached hydrogen (secondary N) is 1. The quantitative estimate of drug-likeness (QED) is 0.841. The zero-order chi connectivity index (χ0) is 12.8. The van der Waals surface area contributed by atoms with Crippen molar-refractivity contribution in [2.45, 2.75) is 39.7 Å². The van der Waals surface area contributed by atoms with Crippen molar-refractivity contribution in [1.29, 1.82) is 0 Å². The fraction of sp³-hybridized carbons (Fsp3) is 0.786. The minimum Gasteiger partial charge on any atom is -0.361 e. The number of rotatable bonds is 6. The van der Waals surface area contributed by atoms with Gasteiger partial charge in [0.15, 0.2) is 0 Å². The van der Waals surface area contributed by atoms with Crippen LogP contribution < -0.4 is 5.32 Å². The average molecular weight is 251 g/mol. The van der Waals surface area contributed by atoms with Gasteiger partial charge in [-0.3, -0.25) is 4.90 Å². The second-order valence-electron chi connectivity index (χ2n) is 5.36. The van der Waals surface area contributed by atoms with Gasteiger partial charge >= 0.3 is 0 Å². The maximum atomic E-state index is 5.15. The van der Waals surface area contributed by atoms with Gasteiger partial charge in [0.05, 0.1) is 5.69 Å². The standard InChI is InChI=1S/C14H25N3O/c1-3-8-17(10-13-4-6-15-7-5-13)11-14-9-12(2)18-16-14/h9,13,15H,3-8,10-11H2,1-2H3. The Bertz CT molecular complexity index is 345. The van der Waals surface area contributed by atoms with Crippen molar-refractivity contribution in [1.82, 2.24) is 15.4 Å². The second-order valence-corrected chi connectivity index (χ2v) is 5.36. The van der Waals surface area contributed by atoms with E-state index >= 15 is 0 Å². The van der Waals surface area contributed by atoms with Crippen LogP contribution in [0, 0.1) is 12.8 Å². The Morgan fingerprint density at radius 2 is 2.22 bits per heavy atom. The lowest BCUT2D eigenvalue weighted by Crippen LogP contribution is -2.36. The molecule has 0 radical (unpaired) electrons. The molecule has 0 unspecified atom stereocenters. The molecule has 1 aliphatic heterocycles. The van der Waals surface area contributed by atoms with Crippen LogP contribution in [0.25, 0.3) is 0 Å². The van der Waals surface area contributed by atoms with E-state index in [-0.39, 0.29) is 0 Å². The molecule has 1 fully saturated rings. The topological polar surface area (TPSA) is 41.3 Å². The van der Waals surface area contributed by atoms with Crippen molar-refractivity contribution in [2.75, 3.05) is 26.2 Å². The summed E-state index contributed by atoms with van der Waals surface area (Å²) in [7, 11) is 0. The first-order chi connectivity index (χ1) is 8.78. The van der Waals surface area contributed by atoms with E-state index in [2.05, 4.69) is 22.3 Å². The molecular weight excluding hydrogens is 226 g/mol. The molecule has 1 aromatic rings. The summed E-state index contributed by atoms with van der Waals surface area (Å²) in [6, 6.07) is 2.05. The minimum absolute atomic E-state index is 0.839. The molecule has 4 heteroatoms. The van der Waals surface area contributed by atoms with Crippen molar-refractivity contribution in [3.63, 3.8) is 0 Å². The first-order valence-corrected chi connectivity index (χ1v) is 7.13. The van der Waals surface area contributed by atoms with Crippen molar-refractivity contribution in [3.05, 3.63) is 17.5 Å². The molecule has 0 atom stereocenters. The van der Waals surface area contributed by atoms with Gasteiger partial charge in [-0.25, -0.2) is 0 Å². The number of nitrogens with zero attached hydrogens (tertiary/aromatic N) is 2. The summed E-state index contributed by atoms with van der Waals surface area (Å²) in [5.41, 5.74) is 1.06. The SMILES string of the molecule is CCCN(Cc1cc(C)on1)CC1CCNCC1. The molecule has 4 nitrogen and oxygen atoms in total. The van der Waals surface area contributed by atoms with Gasteiger partial charge in [-0.15, -0.1) is 0 Å². The Labute approximate surface area is 110 Å². The molecular formula is C14H25N3O. The predicted molar refractivity (Wildman–Crippen MR) is 72.4 cm³/mol. The molecule has 0 bridgehead atoms. The number of aromatic nitrogens is 1. The molecule has 2 heterocycles. The lowest BCUT2D eigenvalue weighted by molar-refractivity contribution is 0.194. The average Bonchev–Trinajstić information content (AvgIpc) is 2.76. The third kappa shape index (κ3) is 4.10. The zero-order valence-electron chi connectivity index (χ0n) is 11.6. The molecule has 1 N–H and O–H groups in total. The lowest BCUT2D eigenvalue weighted by Gasteiger charge is -2.29. The van der Waals surface area contributed by atoms with Gasteiger partial charge in [0.2, 0.25) is 0 Å². The summed E-state index contributed by atoms with van der Waals surface area (Å²) < 4.78 is 5.15. The van der Waals surface area contributed by atoms with Gasteiger partial charge in [-0.1, -0.05) is 12.1 Å². The van der Waals surface area contributed by atoms with Gasteiger partial charge in [0.1, 0.15) is 5.76 Å². The summed E-state index contributed by atoms with van der Waals surface area (Å²) in [5.74, 6) is 1.74. The highest BCUT2D eigenvalue weighted by Gasteiger charge is 2.17. The Balaban J connectivity index is 1.86. The molecule has 1 aliphatic rings. The van der Waals surface area contributed by atoms with E-state index in [0.717, 1.165) is 30.5 Å². The van der Waals surface area contributed by atoms with Crippen LogP contribution in [0.5, 0.6) is 0 Å². The number of aryl methyl sites for hydroxylation is 1. The molecule has 0 saturated carbocycles. The Kier molecular flexibility index (Phi) is 5.20. The molecule has 1 aromatic heterocycles. The molecule has 0 aromatic carbocycles. The molecule has 0 spiro atoms. The Morgan fingerprint density at radius 3 is 2.83 bits per heavy atom. The maximum absolute atomic E-state index is 5.15. The van der Waals surface area contributed by atoms with Crippen LogP contribution in [-0.4, -0.2) is 36.2 Å². The van der Waals surface area contributed by atoms with Crippen molar-refractivity contribution < 1.29 is 4.52 Å². The Morgan fingerprint density at radius 1 is 1.44 bits per heavy atom.